The molecule has 1 atom stereocenters. The highest BCUT2D eigenvalue weighted by atomic mass is 16.5. The van der Waals surface area contributed by atoms with Gasteiger partial charge in [-0.25, -0.2) is 0 Å². The molecular weight excluding hydrogens is 448 g/mol. The summed E-state index contributed by atoms with van der Waals surface area (Å²) in [6.45, 7) is 2.62. The largest absolute Gasteiger partial charge is 0.502 e. The van der Waals surface area contributed by atoms with Gasteiger partial charge >= 0.3 is 0 Å². The van der Waals surface area contributed by atoms with Crippen LogP contribution >= 0.6 is 0 Å². The fraction of sp³-hybridized carbons (Fsp3) is 0.259. The zero-order valence-corrected chi connectivity index (χ0v) is 19.9. The van der Waals surface area contributed by atoms with E-state index in [4.69, 9.17) is 13.9 Å². The minimum absolute atomic E-state index is 0.00406. The fourth-order valence-electron chi connectivity index (χ4n) is 4.13. The van der Waals surface area contributed by atoms with Crippen molar-refractivity contribution in [3.05, 3.63) is 88.1 Å². The van der Waals surface area contributed by atoms with Gasteiger partial charge in [0.25, 0.3) is 0 Å². The van der Waals surface area contributed by atoms with E-state index in [9.17, 15) is 14.7 Å². The van der Waals surface area contributed by atoms with Gasteiger partial charge in [-0.1, -0.05) is 12.1 Å². The molecule has 0 fully saturated rings. The number of carbonyl (C=O) groups is 1. The van der Waals surface area contributed by atoms with E-state index in [1.54, 1.807) is 45.4 Å². The van der Waals surface area contributed by atoms with Crippen molar-refractivity contribution in [1.29, 1.82) is 0 Å². The first-order valence-corrected chi connectivity index (χ1v) is 11.3. The lowest BCUT2D eigenvalue weighted by atomic mass is 9.91. The molecule has 8 heteroatoms. The molecule has 182 valence electrons. The van der Waals surface area contributed by atoms with Crippen LogP contribution in [0.3, 0.4) is 0 Å². The van der Waals surface area contributed by atoms with E-state index in [2.05, 4.69) is 9.88 Å². The number of rotatable bonds is 9. The maximum atomic E-state index is 12.9. The Labute approximate surface area is 202 Å². The second-order valence-electron chi connectivity index (χ2n) is 8.25. The van der Waals surface area contributed by atoms with Crippen molar-refractivity contribution in [2.24, 2.45) is 0 Å². The van der Waals surface area contributed by atoms with Crippen molar-refractivity contribution in [3.8, 4) is 17.2 Å². The predicted octanol–water partition coefficient (Wildman–Crippen LogP) is 3.96. The van der Waals surface area contributed by atoms with Crippen LogP contribution in [-0.2, 0) is 11.3 Å². The van der Waals surface area contributed by atoms with E-state index in [1.807, 2.05) is 30.5 Å². The predicted molar refractivity (Wildman–Crippen MR) is 132 cm³/mol. The minimum atomic E-state index is -0.645. The number of amides is 1. The highest BCUT2D eigenvalue weighted by Crippen LogP contribution is 2.33. The van der Waals surface area contributed by atoms with Gasteiger partial charge in [0.15, 0.2) is 5.76 Å². The van der Waals surface area contributed by atoms with Crippen LogP contribution < -0.4 is 20.2 Å². The Balaban J connectivity index is 1.50. The summed E-state index contributed by atoms with van der Waals surface area (Å²) in [4.78, 5) is 25.1. The molecule has 2 aromatic carbocycles. The molecule has 0 bridgehead atoms. The summed E-state index contributed by atoms with van der Waals surface area (Å²) < 4.78 is 18.3. The Morgan fingerprint density at radius 3 is 2.49 bits per heavy atom. The molecule has 0 aliphatic heterocycles. The third-order valence-corrected chi connectivity index (χ3v) is 5.95. The lowest BCUT2D eigenvalue weighted by molar-refractivity contribution is -0.121. The van der Waals surface area contributed by atoms with E-state index in [0.717, 1.165) is 22.2 Å². The average Bonchev–Trinajstić information content (AvgIpc) is 3.27. The van der Waals surface area contributed by atoms with Crippen LogP contribution in [-0.4, -0.2) is 36.3 Å². The number of carbonyl (C=O) groups excluding carboxylic acids is 1. The second-order valence-corrected chi connectivity index (χ2v) is 8.25. The molecule has 0 spiro atoms. The van der Waals surface area contributed by atoms with Crippen LogP contribution in [0.2, 0.25) is 0 Å². The highest BCUT2D eigenvalue weighted by Gasteiger charge is 2.25. The maximum Gasteiger partial charge on any atom is 0.227 e. The fourth-order valence-corrected chi connectivity index (χ4v) is 4.13. The first-order valence-electron chi connectivity index (χ1n) is 11.3. The normalized spacial score (nSPS) is 11.9. The number of ether oxygens (including phenoxy) is 2. The molecule has 0 radical (unpaired) electrons. The minimum Gasteiger partial charge on any atom is -0.502 e. The number of nitrogens with zero attached hydrogens (tertiary/aromatic N) is 1. The summed E-state index contributed by atoms with van der Waals surface area (Å²) in [5.74, 6) is 0.514. The smallest absolute Gasteiger partial charge is 0.227 e. The van der Waals surface area contributed by atoms with Crippen LogP contribution in [0, 0.1) is 6.92 Å². The molecular formula is C27H28N2O6. The molecule has 0 saturated heterocycles. The molecule has 1 unspecified atom stereocenters. The van der Waals surface area contributed by atoms with Gasteiger partial charge in [0.05, 0.1) is 20.1 Å². The van der Waals surface area contributed by atoms with Gasteiger partial charge in [0.1, 0.15) is 17.3 Å². The van der Waals surface area contributed by atoms with Crippen LogP contribution in [0.25, 0.3) is 10.9 Å². The third-order valence-electron chi connectivity index (χ3n) is 5.95. The van der Waals surface area contributed by atoms with Crippen LogP contribution in [0.1, 0.15) is 29.4 Å². The van der Waals surface area contributed by atoms with Gasteiger partial charge in [0.2, 0.25) is 17.1 Å². The number of benzene rings is 2. The first-order chi connectivity index (χ1) is 16.9. The summed E-state index contributed by atoms with van der Waals surface area (Å²) in [5, 5.41) is 14.4. The molecule has 8 nitrogen and oxygen atoms in total. The van der Waals surface area contributed by atoms with Crippen molar-refractivity contribution in [2.75, 3.05) is 20.8 Å². The van der Waals surface area contributed by atoms with E-state index in [1.165, 1.54) is 6.07 Å². The highest BCUT2D eigenvalue weighted by molar-refractivity contribution is 5.82. The SMILES string of the molecule is COc1ccc(C(CC(=O)NCCn2ccc3cc(OC)ccc32)c2oc(C)cc(=O)c2O)cc1. The molecule has 2 N–H and O–H groups in total. The molecule has 4 rings (SSSR count). The summed E-state index contributed by atoms with van der Waals surface area (Å²) in [6.07, 6.45) is 1.96. The van der Waals surface area contributed by atoms with Gasteiger partial charge in [-0.2, -0.15) is 0 Å². The molecule has 0 saturated carbocycles. The Kier molecular flexibility index (Phi) is 7.10. The number of aromatic hydroxyl groups is 1. The standard InChI is InChI=1S/C27H28N2O6/c1-17-14-24(30)26(32)27(35-17)22(18-4-6-20(33-2)7-5-18)16-25(31)28-11-13-29-12-10-19-15-21(34-3)8-9-23(19)29/h4-10,12,14-15,22,32H,11,13,16H2,1-3H3,(H,28,31). The molecule has 2 heterocycles. The van der Waals surface area contributed by atoms with Crippen LogP contribution in [0.15, 0.2) is 70.0 Å². The Morgan fingerprint density at radius 2 is 1.77 bits per heavy atom. The Morgan fingerprint density at radius 1 is 1.06 bits per heavy atom. The van der Waals surface area contributed by atoms with E-state index < -0.39 is 17.1 Å². The first kappa shape index (κ1) is 23.9. The van der Waals surface area contributed by atoms with Gasteiger partial charge < -0.3 is 28.9 Å². The van der Waals surface area contributed by atoms with Gasteiger partial charge in [0, 0.05) is 42.7 Å². The summed E-state index contributed by atoms with van der Waals surface area (Å²) >= 11 is 0. The topological polar surface area (TPSA) is 103 Å². The molecule has 1 amide bonds. The lowest BCUT2D eigenvalue weighted by Crippen LogP contribution is -2.28. The third kappa shape index (κ3) is 5.32. The molecule has 35 heavy (non-hydrogen) atoms. The van der Waals surface area contributed by atoms with E-state index in [-0.39, 0.29) is 18.1 Å². The van der Waals surface area contributed by atoms with Crippen molar-refractivity contribution < 1.29 is 23.8 Å². The second kappa shape index (κ2) is 10.4. The average molecular weight is 477 g/mol. The molecule has 2 aromatic heterocycles. The number of nitrogens with one attached hydrogen (secondary N) is 1. The summed E-state index contributed by atoms with van der Waals surface area (Å²) in [5.41, 5.74) is 1.22. The summed E-state index contributed by atoms with van der Waals surface area (Å²) in [7, 11) is 3.20. The van der Waals surface area contributed by atoms with Crippen molar-refractivity contribution in [3.63, 3.8) is 0 Å². The van der Waals surface area contributed by atoms with Crippen molar-refractivity contribution >= 4 is 16.8 Å². The van der Waals surface area contributed by atoms with Crippen molar-refractivity contribution in [2.45, 2.75) is 25.8 Å². The number of aromatic nitrogens is 1. The number of aryl methyl sites for hydroxylation is 1. The monoisotopic (exact) mass is 476 g/mol. The molecule has 0 aliphatic rings. The zero-order chi connectivity index (χ0) is 24.9. The van der Waals surface area contributed by atoms with Gasteiger partial charge in [-0.15, -0.1) is 0 Å². The Hall–Kier alpha value is -4.20. The Bertz CT molecular complexity index is 1390. The van der Waals surface area contributed by atoms with E-state index >= 15 is 0 Å². The number of hydrogen-bond acceptors (Lipinski definition) is 6. The lowest BCUT2D eigenvalue weighted by Gasteiger charge is -2.18. The quantitative estimate of drug-likeness (QED) is 0.379. The van der Waals surface area contributed by atoms with E-state index in [0.29, 0.717) is 24.6 Å². The number of methoxy groups -OCH3 is 2. The van der Waals surface area contributed by atoms with Crippen LogP contribution in [0.5, 0.6) is 17.2 Å². The maximum absolute atomic E-state index is 12.9. The van der Waals surface area contributed by atoms with Gasteiger partial charge in [-0.05, 0) is 48.9 Å². The molecule has 4 aromatic rings. The van der Waals surface area contributed by atoms with Crippen molar-refractivity contribution in [1.82, 2.24) is 9.88 Å². The van der Waals surface area contributed by atoms with Crippen LogP contribution in [0.4, 0.5) is 0 Å². The summed E-state index contributed by atoms with van der Waals surface area (Å²) in [6, 6.07) is 16.2. The number of hydrogen-bond donors (Lipinski definition) is 2. The molecule has 0 aliphatic carbocycles. The number of fused-ring (bicyclic) bond motifs is 1. The van der Waals surface area contributed by atoms with Gasteiger partial charge in [-0.3, -0.25) is 9.59 Å². The zero-order valence-electron chi connectivity index (χ0n) is 19.9.